The molecule has 44 heavy (non-hydrogen) atoms. The van der Waals surface area contributed by atoms with Gasteiger partial charge in [0.2, 0.25) is 0 Å². The average Bonchev–Trinajstić information content (AvgIpc) is 3.26. The summed E-state index contributed by atoms with van der Waals surface area (Å²) in [5.74, 6) is -4.51. The van der Waals surface area contributed by atoms with Crippen LogP contribution >= 0.6 is 0 Å². The molecule has 0 aromatic heterocycles. The van der Waals surface area contributed by atoms with Gasteiger partial charge in [0.1, 0.15) is 31.0 Å². The van der Waals surface area contributed by atoms with Crippen molar-refractivity contribution in [3.63, 3.8) is 0 Å². The maximum atomic E-state index is 13.6. The van der Waals surface area contributed by atoms with Gasteiger partial charge in [-0.25, -0.2) is 14.4 Å². The predicted molar refractivity (Wildman–Crippen MR) is 149 cm³/mol. The van der Waals surface area contributed by atoms with E-state index in [-0.39, 0.29) is 73.4 Å². The molecular formula is C32H38O12. The molecule has 0 radical (unpaired) electrons. The summed E-state index contributed by atoms with van der Waals surface area (Å²) in [6, 6.07) is 0. The molecule has 0 unspecified atom stereocenters. The van der Waals surface area contributed by atoms with Crippen LogP contribution in [0.15, 0.2) is 47.3 Å². The fourth-order valence-electron chi connectivity index (χ4n) is 7.90. The highest BCUT2D eigenvalue weighted by Gasteiger charge is 2.64. The first-order chi connectivity index (χ1) is 21.0. The van der Waals surface area contributed by atoms with Crippen LogP contribution in [0.3, 0.4) is 0 Å². The standard InChI is InChI=1S/C32H38O12/c1-15-10-18-13-41-25(34)7-6-20-21(30(37)43-29(20)36)8-9-40-14-22(33)28(18)42-31(38)24(39-3)12-19-5-4-17-11-23-16(2)27(35)26(17)32(15,19)44-23/h4-5,8-10,16-19,22-24,26-28,33,35H,6-7,11-14H2,1-3H3/b9-8+,15-10+/t16-,17-,18+,19+,22-,23+,24+,26-,27-,28-,32-/m0/s1. The summed E-state index contributed by atoms with van der Waals surface area (Å²) in [6.07, 6.45) is 4.57. The number of hydrogen-bond acceptors (Lipinski definition) is 12. The number of fused-ring (bicyclic) bond motifs is 2. The normalized spacial score (nSPS) is 44.4. The molecule has 7 rings (SSSR count). The molecular weight excluding hydrogens is 576 g/mol. The molecule has 0 amide bonds. The van der Waals surface area contributed by atoms with Gasteiger partial charge in [0.15, 0.2) is 6.10 Å². The number of methoxy groups -OCH3 is 1. The van der Waals surface area contributed by atoms with Crippen molar-refractivity contribution in [2.45, 2.75) is 75.7 Å². The second kappa shape index (κ2) is 11.9. The van der Waals surface area contributed by atoms with E-state index in [0.29, 0.717) is 0 Å². The van der Waals surface area contributed by atoms with Gasteiger partial charge in [0.25, 0.3) is 0 Å². The minimum atomic E-state index is -1.40. The van der Waals surface area contributed by atoms with Crippen molar-refractivity contribution in [3.05, 3.63) is 47.3 Å². The summed E-state index contributed by atoms with van der Waals surface area (Å²) >= 11 is 0. The van der Waals surface area contributed by atoms with Gasteiger partial charge in [-0.05, 0) is 43.8 Å². The first-order valence-electron chi connectivity index (χ1n) is 15.1. The van der Waals surface area contributed by atoms with E-state index in [9.17, 15) is 29.4 Å². The number of carbonyl (C=O) groups excluding carboxylic acids is 4. The van der Waals surface area contributed by atoms with E-state index in [1.807, 2.05) is 26.0 Å². The van der Waals surface area contributed by atoms with Gasteiger partial charge in [-0.15, -0.1) is 0 Å². The van der Waals surface area contributed by atoms with Gasteiger partial charge in [-0.2, -0.15) is 0 Å². The van der Waals surface area contributed by atoms with Crippen LogP contribution < -0.4 is 0 Å². The van der Waals surface area contributed by atoms with Crippen molar-refractivity contribution in [3.8, 4) is 0 Å². The largest absolute Gasteiger partial charge is 0.498 e. The van der Waals surface area contributed by atoms with E-state index in [1.165, 1.54) is 13.2 Å². The predicted octanol–water partition coefficient (Wildman–Crippen LogP) is 1.44. The summed E-state index contributed by atoms with van der Waals surface area (Å²) in [5.41, 5.74) is -0.212. The molecule has 1 spiro atoms. The van der Waals surface area contributed by atoms with Crippen LogP contribution in [0.1, 0.15) is 39.5 Å². The number of allylic oxidation sites excluding steroid dienone is 1. The van der Waals surface area contributed by atoms with Crippen LogP contribution in [0.4, 0.5) is 0 Å². The van der Waals surface area contributed by atoms with E-state index in [4.69, 9.17) is 23.7 Å². The molecule has 11 atom stereocenters. The van der Waals surface area contributed by atoms with Crippen molar-refractivity contribution < 1.29 is 57.8 Å². The molecule has 0 aromatic carbocycles. The fourth-order valence-corrected chi connectivity index (χ4v) is 7.90. The molecule has 3 fully saturated rings. The monoisotopic (exact) mass is 614 g/mol. The number of hydrogen-bond donors (Lipinski definition) is 2. The Labute approximate surface area is 254 Å². The van der Waals surface area contributed by atoms with Crippen molar-refractivity contribution in [2.75, 3.05) is 20.3 Å². The zero-order valence-corrected chi connectivity index (χ0v) is 24.9. The number of ether oxygens (including phenoxy) is 6. The highest BCUT2D eigenvalue weighted by molar-refractivity contribution is 6.14. The van der Waals surface area contributed by atoms with Gasteiger partial charge in [0, 0.05) is 31.3 Å². The molecule has 238 valence electrons. The van der Waals surface area contributed by atoms with Crippen molar-refractivity contribution >= 4 is 23.9 Å². The summed E-state index contributed by atoms with van der Waals surface area (Å²) in [4.78, 5) is 50.8. The van der Waals surface area contributed by atoms with Gasteiger partial charge in [-0.1, -0.05) is 25.2 Å². The molecule has 12 heteroatoms. The molecule has 12 nitrogen and oxygen atoms in total. The van der Waals surface area contributed by atoms with Crippen LogP contribution in [0.5, 0.6) is 0 Å². The van der Waals surface area contributed by atoms with Crippen LogP contribution in [0, 0.1) is 29.6 Å². The number of esters is 4. The number of carbonyl (C=O) groups is 4. The molecule has 0 aromatic rings. The molecule has 5 aliphatic heterocycles. The molecule has 1 saturated carbocycles. The van der Waals surface area contributed by atoms with Crippen molar-refractivity contribution in [2.24, 2.45) is 29.6 Å². The molecule has 5 heterocycles. The molecule has 4 bridgehead atoms. The van der Waals surface area contributed by atoms with Crippen molar-refractivity contribution in [1.82, 2.24) is 0 Å². The van der Waals surface area contributed by atoms with Crippen LogP contribution in [0.25, 0.3) is 0 Å². The number of aliphatic hydroxyl groups is 2. The minimum absolute atomic E-state index is 0.0265. The summed E-state index contributed by atoms with van der Waals surface area (Å²) in [7, 11) is 1.41. The first-order valence-corrected chi connectivity index (χ1v) is 15.1. The lowest BCUT2D eigenvalue weighted by molar-refractivity contribution is -0.276. The lowest BCUT2D eigenvalue weighted by Gasteiger charge is -2.64. The lowest BCUT2D eigenvalue weighted by atomic mass is 9.52. The van der Waals surface area contributed by atoms with Gasteiger partial charge < -0.3 is 38.6 Å². The molecule has 2 saturated heterocycles. The Bertz CT molecular complexity index is 1340. The Morgan fingerprint density at radius 1 is 1.00 bits per heavy atom. The van der Waals surface area contributed by atoms with E-state index in [2.05, 4.69) is 10.8 Å². The smallest absolute Gasteiger partial charge is 0.346 e. The third kappa shape index (κ3) is 5.11. The lowest BCUT2D eigenvalue weighted by Crippen LogP contribution is -2.69. The summed E-state index contributed by atoms with van der Waals surface area (Å²) in [6.45, 7) is 3.25. The Balaban J connectivity index is 1.39. The zero-order chi connectivity index (χ0) is 31.3. The topological polar surface area (TPSA) is 164 Å². The minimum Gasteiger partial charge on any atom is -0.498 e. The quantitative estimate of drug-likeness (QED) is 0.189. The third-order valence-corrected chi connectivity index (χ3v) is 10.2. The SMILES string of the molecule is CO[C@@H]1C[C@H]2C=C[C@H]3C[C@H]4O[C@]2(/C(C)=C/[C@@H]2COC(=O)CCC5=C(/C=C/OC[C@H](O)[C@H]2OC1=O)C(=O)OC5=O)[C@@H]3[C@@H](O)[C@H]4C. The Morgan fingerprint density at radius 3 is 2.55 bits per heavy atom. The Hall–Kier alpha value is -3.32. The molecule has 2 aliphatic carbocycles. The maximum Gasteiger partial charge on any atom is 0.346 e. The number of rotatable bonds is 1. The van der Waals surface area contributed by atoms with Gasteiger partial charge in [-0.3, -0.25) is 4.79 Å². The Kier molecular flexibility index (Phi) is 8.29. The van der Waals surface area contributed by atoms with Crippen LogP contribution in [0.2, 0.25) is 0 Å². The number of cyclic esters (lactones) is 3. The first kappa shape index (κ1) is 30.7. The second-order valence-electron chi connectivity index (χ2n) is 12.5. The molecule has 2 N–H and O–H groups in total. The third-order valence-electron chi connectivity index (χ3n) is 10.2. The van der Waals surface area contributed by atoms with E-state index < -0.39 is 59.8 Å². The average molecular weight is 615 g/mol. The summed E-state index contributed by atoms with van der Waals surface area (Å²) in [5, 5.41) is 22.8. The molecule has 7 aliphatic rings. The number of aliphatic hydroxyl groups excluding tert-OH is 2. The zero-order valence-electron chi connectivity index (χ0n) is 24.9. The van der Waals surface area contributed by atoms with Crippen LogP contribution in [-0.4, -0.2) is 90.5 Å². The maximum absolute atomic E-state index is 13.6. The second-order valence-corrected chi connectivity index (χ2v) is 12.5. The fraction of sp³-hybridized carbons (Fsp3) is 0.625. The Morgan fingerprint density at radius 2 is 1.80 bits per heavy atom. The highest BCUT2D eigenvalue weighted by Crippen LogP contribution is 2.59. The van der Waals surface area contributed by atoms with Crippen molar-refractivity contribution in [1.29, 1.82) is 0 Å². The van der Waals surface area contributed by atoms with Crippen LogP contribution in [-0.2, 0) is 47.6 Å². The highest BCUT2D eigenvalue weighted by atomic mass is 16.6. The van der Waals surface area contributed by atoms with Gasteiger partial charge in [0.05, 0.1) is 35.5 Å². The summed E-state index contributed by atoms with van der Waals surface area (Å²) < 4.78 is 34.2. The van der Waals surface area contributed by atoms with E-state index in [1.54, 1.807) is 0 Å². The van der Waals surface area contributed by atoms with Gasteiger partial charge >= 0.3 is 23.9 Å². The van der Waals surface area contributed by atoms with E-state index in [0.717, 1.165) is 18.3 Å². The van der Waals surface area contributed by atoms with E-state index >= 15 is 0 Å².